The second kappa shape index (κ2) is 23.5. The number of alkyl carbamates (subject to hydrolysis) is 1. The van der Waals surface area contributed by atoms with Crippen LogP contribution in [0.5, 0.6) is 0 Å². The molecule has 3 aliphatic heterocycles. The third-order valence-corrected chi connectivity index (χ3v) is 10.9. The number of benzene rings is 1. The Kier molecular flexibility index (Phi) is 20.0. The van der Waals surface area contributed by atoms with Gasteiger partial charge >= 0.3 is 18.0 Å². The summed E-state index contributed by atoms with van der Waals surface area (Å²) in [5.41, 5.74) is -0.114. The number of hydrogen-bond acceptors (Lipinski definition) is 12. The highest BCUT2D eigenvalue weighted by molar-refractivity contribution is 8.00. The Hall–Kier alpha value is -4.52. The average Bonchev–Trinajstić information content (AvgIpc) is 3.44. The minimum atomic E-state index is -1.50. The highest BCUT2D eigenvalue weighted by atomic mass is 35.5. The number of fused-ring (bicyclic) bond motifs is 2. The van der Waals surface area contributed by atoms with E-state index in [1.165, 1.54) is 51.4 Å². The predicted octanol–water partition coefficient (Wildman–Crippen LogP) is 2.83. The molecule has 0 aliphatic carbocycles. The molecule has 4 N–H and O–H groups in total. The van der Waals surface area contributed by atoms with Crippen LogP contribution in [0.25, 0.3) is 0 Å². The van der Waals surface area contributed by atoms with Gasteiger partial charge in [0.15, 0.2) is 0 Å². The number of nitrogens with one attached hydrogen (secondary N) is 2. The minimum Gasteiger partial charge on any atom is -0.480 e. The number of halogens is 1. The molecule has 0 spiro atoms. The molecule has 19 heteroatoms. The summed E-state index contributed by atoms with van der Waals surface area (Å²) in [7, 11) is 0. The number of carboxylic acid groups (broad SMARTS) is 2. The number of amides is 6. The fourth-order valence-corrected chi connectivity index (χ4v) is 7.42. The molecule has 1 saturated heterocycles. The van der Waals surface area contributed by atoms with Crippen LogP contribution in [0, 0.1) is 0 Å². The van der Waals surface area contributed by atoms with Crippen LogP contribution in [0.4, 0.5) is 4.79 Å². The number of aliphatic carboxylic acids is 2. The number of ether oxygens (including phenoxy) is 1. The maximum absolute atomic E-state index is 12.8. The van der Waals surface area contributed by atoms with E-state index in [1.54, 1.807) is 12.1 Å². The molecule has 1 fully saturated rings. The van der Waals surface area contributed by atoms with Crippen molar-refractivity contribution in [2.24, 2.45) is 0 Å². The molecular formula is C37H53ClN6O11S. The lowest BCUT2D eigenvalue weighted by Gasteiger charge is -2.49. The molecule has 1 aromatic rings. The van der Waals surface area contributed by atoms with Crippen molar-refractivity contribution in [2.45, 2.75) is 78.3 Å². The zero-order valence-electron chi connectivity index (χ0n) is 32.7. The Morgan fingerprint density at radius 2 is 1.39 bits per heavy atom. The Labute approximate surface area is 336 Å². The summed E-state index contributed by atoms with van der Waals surface area (Å²) in [4.78, 5) is 104. The summed E-state index contributed by atoms with van der Waals surface area (Å²) in [6, 6.07) is 3.39. The van der Waals surface area contributed by atoms with Gasteiger partial charge in [0.05, 0.1) is 11.1 Å². The number of rotatable bonds is 17. The highest BCUT2D eigenvalue weighted by Gasteiger charge is 2.54. The number of alkyl halides is 1. The number of β-lactam (4-membered cyclic amide) rings is 1. The van der Waals surface area contributed by atoms with Gasteiger partial charge in [-0.25, -0.2) is 14.4 Å². The molecule has 0 radical (unpaired) electrons. The lowest BCUT2D eigenvalue weighted by molar-refractivity contribution is -0.150. The smallest absolute Gasteiger partial charge is 0.414 e. The maximum Gasteiger partial charge on any atom is 0.414 e. The van der Waals surface area contributed by atoms with Crippen molar-refractivity contribution in [3.8, 4) is 0 Å². The molecule has 4 rings (SSSR count). The summed E-state index contributed by atoms with van der Waals surface area (Å²) in [5.74, 6) is -6.94. The van der Waals surface area contributed by atoms with Crippen molar-refractivity contribution in [3.63, 3.8) is 0 Å². The van der Waals surface area contributed by atoms with Crippen molar-refractivity contribution in [2.75, 3.05) is 57.5 Å². The molecule has 0 bridgehead atoms. The van der Waals surface area contributed by atoms with E-state index in [9.17, 15) is 48.6 Å². The van der Waals surface area contributed by atoms with Crippen LogP contribution in [-0.4, -0.2) is 152 Å². The summed E-state index contributed by atoms with van der Waals surface area (Å²) in [6.45, 7) is 19.7. The third-order valence-electron chi connectivity index (χ3n) is 9.29. The number of nitrogens with zero attached hydrogens (tertiary/aromatic N) is 4. The van der Waals surface area contributed by atoms with Gasteiger partial charge < -0.3 is 30.1 Å². The maximum atomic E-state index is 12.8. The van der Waals surface area contributed by atoms with Crippen LogP contribution in [0.1, 0.15) is 81.5 Å². The monoisotopic (exact) mass is 824 g/mol. The number of imide groups is 2. The van der Waals surface area contributed by atoms with E-state index in [2.05, 4.69) is 56.7 Å². The molecule has 2 unspecified atom stereocenters. The van der Waals surface area contributed by atoms with Gasteiger partial charge in [0.25, 0.3) is 17.7 Å². The van der Waals surface area contributed by atoms with Gasteiger partial charge in [-0.3, -0.25) is 39.1 Å². The number of thioether (sulfide) groups is 1. The Balaban J connectivity index is 0.000000657. The van der Waals surface area contributed by atoms with Gasteiger partial charge in [-0.2, -0.15) is 0 Å². The molecule has 3 atom stereocenters. The van der Waals surface area contributed by atoms with Crippen LogP contribution in [0.15, 0.2) is 35.5 Å². The molecule has 17 nitrogen and oxygen atoms in total. The predicted molar refractivity (Wildman–Crippen MR) is 209 cm³/mol. The normalized spacial score (nSPS) is 17.5. The van der Waals surface area contributed by atoms with Crippen LogP contribution < -0.4 is 10.6 Å². The number of hydrogen-bond donors (Lipinski definition) is 4. The first kappa shape index (κ1) is 47.6. The number of carbonyl (C=O) groups is 8. The van der Waals surface area contributed by atoms with E-state index < -0.39 is 83.2 Å². The van der Waals surface area contributed by atoms with E-state index in [4.69, 9.17) is 16.3 Å². The first-order chi connectivity index (χ1) is 26.6. The van der Waals surface area contributed by atoms with Crippen molar-refractivity contribution in [1.82, 2.24) is 30.2 Å². The van der Waals surface area contributed by atoms with Crippen LogP contribution in [0.2, 0.25) is 0 Å². The van der Waals surface area contributed by atoms with Crippen molar-refractivity contribution < 1.29 is 53.3 Å². The van der Waals surface area contributed by atoms with E-state index in [0.717, 1.165) is 16.7 Å². The fourth-order valence-electron chi connectivity index (χ4n) is 6.03. The molecule has 6 amide bonds. The summed E-state index contributed by atoms with van der Waals surface area (Å²) < 4.78 is 4.86. The Morgan fingerprint density at radius 3 is 1.82 bits per heavy atom. The Bertz CT molecular complexity index is 1580. The molecule has 3 heterocycles. The molecule has 0 saturated carbocycles. The minimum absolute atomic E-state index is 0.0330. The zero-order chi connectivity index (χ0) is 42.1. The van der Waals surface area contributed by atoms with Crippen molar-refractivity contribution in [1.29, 1.82) is 0 Å². The van der Waals surface area contributed by atoms with E-state index in [0.29, 0.717) is 4.90 Å². The van der Waals surface area contributed by atoms with Gasteiger partial charge in [-0.15, -0.1) is 23.4 Å². The second-order valence-electron chi connectivity index (χ2n) is 12.5. The van der Waals surface area contributed by atoms with E-state index in [-0.39, 0.29) is 41.7 Å². The highest BCUT2D eigenvalue weighted by Crippen LogP contribution is 2.40. The van der Waals surface area contributed by atoms with Gasteiger partial charge in [0, 0.05) is 17.7 Å². The van der Waals surface area contributed by atoms with Gasteiger partial charge in [0.1, 0.15) is 35.6 Å². The summed E-state index contributed by atoms with van der Waals surface area (Å²) in [5, 5.41) is 23.0. The van der Waals surface area contributed by atoms with Gasteiger partial charge in [0.2, 0.25) is 11.8 Å². The molecule has 310 valence electrons. The molecule has 0 aromatic heterocycles. The molecule has 1 aromatic carbocycles. The third kappa shape index (κ3) is 12.5. The zero-order valence-corrected chi connectivity index (χ0v) is 34.2. The van der Waals surface area contributed by atoms with Crippen LogP contribution >= 0.6 is 23.4 Å². The lowest BCUT2D eigenvalue weighted by atomic mass is 10.0. The number of carbonyl (C=O) groups excluding carboxylic acids is 6. The average molecular weight is 825 g/mol. The largest absolute Gasteiger partial charge is 0.480 e. The molecule has 3 aliphatic rings. The van der Waals surface area contributed by atoms with Crippen molar-refractivity contribution >= 4 is 70.9 Å². The summed E-state index contributed by atoms with van der Waals surface area (Å²) in [6.07, 6.45) is -1.62. The topological polar surface area (TPSA) is 223 Å². The lowest BCUT2D eigenvalue weighted by Crippen LogP contribution is -2.70. The fraction of sp³-hybridized carbons (Fsp3) is 0.568. The first-order valence-corrected chi connectivity index (χ1v) is 20.1. The second-order valence-corrected chi connectivity index (χ2v) is 13.9. The van der Waals surface area contributed by atoms with Crippen molar-refractivity contribution in [3.05, 3.63) is 46.7 Å². The van der Waals surface area contributed by atoms with Gasteiger partial charge in [-0.05, 0) is 64.2 Å². The quantitative estimate of drug-likeness (QED) is 0.101. The standard InChI is InChI=1S/C25H23ClN4O11S.2C6H15N/c26-8-16(32)28-25(40)41-9-11-10-42-22-17(21(35)30(22)18(11)24(38)39)27-15(31)7-3-6-14(23(36)37)29-19(33)12-4-1-2-5-13(12)20(29)34;2*1-4-7(5-2)6-3/h1-2,4-5,14,17,22H,3,6-10H2,(H,27,31)(H,36,37)(H,38,39)(H,28,32,40);2*4-6H2,1-3H3/t14?,17?,22-;;/m1../s1. The van der Waals surface area contributed by atoms with Crippen LogP contribution in [-0.2, 0) is 28.7 Å². The number of carboxylic acids is 2. The SMILES string of the molecule is CCN(CC)CC.CCN(CC)CC.O=C(CCl)NC(=O)OCC1=C(C(=O)O)N2C(=O)C(NC(=O)CCCC(C(=O)O)N3C(=O)c4ccccc4C3=O)[C@H]2SC1. The Morgan fingerprint density at radius 1 is 0.875 bits per heavy atom. The molecular weight excluding hydrogens is 772 g/mol. The first-order valence-electron chi connectivity index (χ1n) is 18.5. The van der Waals surface area contributed by atoms with Crippen LogP contribution in [0.3, 0.4) is 0 Å². The van der Waals surface area contributed by atoms with E-state index in [1.807, 2.05) is 5.32 Å². The molecule has 56 heavy (non-hydrogen) atoms. The summed E-state index contributed by atoms with van der Waals surface area (Å²) >= 11 is 6.41. The van der Waals surface area contributed by atoms with E-state index >= 15 is 0 Å². The van der Waals surface area contributed by atoms with Gasteiger partial charge in [-0.1, -0.05) is 53.7 Å².